The van der Waals surface area contributed by atoms with Crippen LogP contribution in [-0.2, 0) is 0 Å². The molecular weight excluding hydrogens is 240 g/mol. The molecule has 0 fully saturated rings. The number of rotatable bonds is 5. The molecule has 0 bridgehead atoms. The number of anilines is 1. The lowest BCUT2D eigenvalue weighted by molar-refractivity contribution is 0.0963. The van der Waals surface area contributed by atoms with Gasteiger partial charge in [-0.25, -0.2) is 0 Å². The van der Waals surface area contributed by atoms with Gasteiger partial charge in [-0.2, -0.15) is 0 Å². The number of carbonyl (C=O) groups is 1. The maximum atomic E-state index is 11.3. The molecule has 17 heavy (non-hydrogen) atoms. The monoisotopic (exact) mass is 256 g/mol. The number of carbonyl (C=O) groups excluding carboxylic acids is 1. The molecule has 0 aliphatic rings. The second-order valence-electron chi connectivity index (χ2n) is 3.48. The van der Waals surface area contributed by atoms with E-state index in [4.69, 9.17) is 10.8 Å². The molecule has 0 aromatic heterocycles. The summed E-state index contributed by atoms with van der Waals surface area (Å²) in [6, 6.07) is 4.99. The van der Waals surface area contributed by atoms with Crippen molar-refractivity contribution in [2.24, 2.45) is 0 Å². The van der Waals surface area contributed by atoms with Gasteiger partial charge in [-0.05, 0) is 18.2 Å². The third-order valence-electron chi connectivity index (χ3n) is 2.14. The fraction of sp³-hybridized carbons (Fsp3) is 0.364. The predicted molar refractivity (Wildman–Crippen MR) is 68.1 cm³/mol. The van der Waals surface area contributed by atoms with Crippen molar-refractivity contribution in [1.82, 2.24) is 5.32 Å². The first-order chi connectivity index (χ1) is 8.08. The second-order valence-corrected chi connectivity index (χ2v) is 4.54. The molecule has 0 saturated carbocycles. The van der Waals surface area contributed by atoms with Crippen LogP contribution in [0.15, 0.2) is 23.1 Å². The Morgan fingerprint density at radius 2 is 2.29 bits per heavy atom. The van der Waals surface area contributed by atoms with Crippen molar-refractivity contribution in [3.8, 4) is 0 Å². The van der Waals surface area contributed by atoms with E-state index < -0.39 is 6.10 Å². The summed E-state index contributed by atoms with van der Waals surface area (Å²) in [6.07, 6.45) is -0.766. The summed E-state index contributed by atoms with van der Waals surface area (Å²) in [5.41, 5.74) is 6.78. The number of hydrogen-bond donors (Lipinski definition) is 4. The minimum Gasteiger partial charge on any atom is -0.398 e. The van der Waals surface area contributed by atoms with Gasteiger partial charge < -0.3 is 21.3 Å². The van der Waals surface area contributed by atoms with Crippen molar-refractivity contribution in [2.45, 2.75) is 11.0 Å². The molecule has 1 rings (SSSR count). The van der Waals surface area contributed by atoms with Gasteiger partial charge in [0.25, 0.3) is 5.91 Å². The molecule has 0 aliphatic carbocycles. The number of nitrogens with one attached hydrogen (secondary N) is 1. The van der Waals surface area contributed by atoms with E-state index in [2.05, 4.69) is 5.32 Å². The van der Waals surface area contributed by atoms with Gasteiger partial charge >= 0.3 is 0 Å². The standard InChI is InChI=1S/C11H16N2O3S/c1-13-11(16)7-2-3-10(9(12)4-7)17-6-8(15)5-14/h2-4,8,14-15H,5-6,12H2,1H3,(H,13,16). The number of nitrogens with two attached hydrogens (primary N) is 1. The summed E-state index contributed by atoms with van der Waals surface area (Å²) in [5.74, 6) is 0.170. The van der Waals surface area contributed by atoms with E-state index in [0.29, 0.717) is 17.0 Å². The summed E-state index contributed by atoms with van der Waals surface area (Å²) >= 11 is 1.34. The zero-order valence-corrected chi connectivity index (χ0v) is 10.3. The van der Waals surface area contributed by atoms with Gasteiger partial charge in [0.05, 0.1) is 12.7 Å². The number of amides is 1. The number of aliphatic hydroxyl groups is 2. The zero-order valence-electron chi connectivity index (χ0n) is 9.51. The molecule has 1 aromatic rings. The summed E-state index contributed by atoms with van der Waals surface area (Å²) < 4.78 is 0. The first kappa shape index (κ1) is 13.8. The zero-order chi connectivity index (χ0) is 12.8. The van der Waals surface area contributed by atoms with Crippen molar-refractivity contribution in [3.63, 3.8) is 0 Å². The number of aliphatic hydroxyl groups excluding tert-OH is 2. The highest BCUT2D eigenvalue weighted by atomic mass is 32.2. The highest BCUT2D eigenvalue weighted by molar-refractivity contribution is 7.99. The molecule has 0 radical (unpaired) electrons. The van der Waals surface area contributed by atoms with Crippen LogP contribution in [-0.4, -0.2) is 41.6 Å². The Balaban J connectivity index is 2.73. The minimum atomic E-state index is -0.766. The van der Waals surface area contributed by atoms with Crippen LogP contribution >= 0.6 is 11.8 Å². The van der Waals surface area contributed by atoms with Crippen LogP contribution < -0.4 is 11.1 Å². The molecule has 0 aliphatic heterocycles. The normalized spacial score (nSPS) is 12.2. The lowest BCUT2D eigenvalue weighted by Crippen LogP contribution is -2.18. The Bertz CT molecular complexity index is 398. The Hall–Kier alpha value is -1.24. The van der Waals surface area contributed by atoms with E-state index in [1.807, 2.05) is 0 Å². The Morgan fingerprint density at radius 3 is 2.82 bits per heavy atom. The topological polar surface area (TPSA) is 95.6 Å². The van der Waals surface area contributed by atoms with Gasteiger partial charge in [-0.1, -0.05) is 0 Å². The quantitative estimate of drug-likeness (QED) is 0.442. The molecule has 1 unspecified atom stereocenters. The SMILES string of the molecule is CNC(=O)c1ccc(SCC(O)CO)c(N)c1. The van der Waals surface area contributed by atoms with E-state index in [9.17, 15) is 9.90 Å². The molecule has 5 N–H and O–H groups in total. The average molecular weight is 256 g/mol. The maximum Gasteiger partial charge on any atom is 0.251 e. The predicted octanol–water partition coefficient (Wildman–Crippen LogP) is 0.0737. The number of nitrogen functional groups attached to an aromatic ring is 1. The summed E-state index contributed by atoms with van der Waals surface area (Å²) in [6.45, 7) is -0.275. The molecule has 1 aromatic carbocycles. The molecule has 0 heterocycles. The van der Waals surface area contributed by atoms with Gasteiger partial charge in [-0.3, -0.25) is 4.79 Å². The second kappa shape index (κ2) is 6.48. The maximum absolute atomic E-state index is 11.3. The van der Waals surface area contributed by atoms with Crippen LogP contribution in [0, 0.1) is 0 Å². The largest absolute Gasteiger partial charge is 0.398 e. The first-order valence-electron chi connectivity index (χ1n) is 5.11. The van der Waals surface area contributed by atoms with Gasteiger partial charge in [0, 0.05) is 28.9 Å². The number of benzene rings is 1. The summed E-state index contributed by atoms with van der Waals surface area (Å²) in [7, 11) is 1.55. The molecule has 94 valence electrons. The smallest absolute Gasteiger partial charge is 0.251 e. The minimum absolute atomic E-state index is 0.191. The molecule has 1 amide bonds. The van der Waals surface area contributed by atoms with E-state index in [1.54, 1.807) is 25.2 Å². The Labute approximate surface area is 104 Å². The highest BCUT2D eigenvalue weighted by Crippen LogP contribution is 2.26. The van der Waals surface area contributed by atoms with Gasteiger partial charge in [-0.15, -0.1) is 11.8 Å². The lowest BCUT2D eigenvalue weighted by Gasteiger charge is -2.09. The van der Waals surface area contributed by atoms with Crippen LogP contribution in [0.2, 0.25) is 0 Å². The van der Waals surface area contributed by atoms with Crippen LogP contribution in [0.5, 0.6) is 0 Å². The molecular formula is C11H16N2O3S. The number of hydrogen-bond acceptors (Lipinski definition) is 5. The van der Waals surface area contributed by atoms with Crippen LogP contribution in [0.3, 0.4) is 0 Å². The van der Waals surface area contributed by atoms with Crippen LogP contribution in [0.1, 0.15) is 10.4 Å². The van der Waals surface area contributed by atoms with E-state index in [0.717, 1.165) is 4.90 Å². The Morgan fingerprint density at radius 1 is 1.59 bits per heavy atom. The van der Waals surface area contributed by atoms with Gasteiger partial charge in [0.15, 0.2) is 0 Å². The van der Waals surface area contributed by atoms with Crippen molar-refractivity contribution in [2.75, 3.05) is 25.1 Å². The van der Waals surface area contributed by atoms with Gasteiger partial charge in [0.2, 0.25) is 0 Å². The third-order valence-corrected chi connectivity index (χ3v) is 3.38. The highest BCUT2D eigenvalue weighted by Gasteiger charge is 2.08. The molecule has 0 saturated heterocycles. The molecule has 1 atom stereocenters. The van der Waals surface area contributed by atoms with Crippen molar-refractivity contribution < 1.29 is 15.0 Å². The summed E-state index contributed by atoms with van der Waals surface area (Å²) in [4.78, 5) is 12.1. The first-order valence-corrected chi connectivity index (χ1v) is 6.10. The van der Waals surface area contributed by atoms with Crippen LogP contribution in [0.25, 0.3) is 0 Å². The van der Waals surface area contributed by atoms with Gasteiger partial charge in [0.1, 0.15) is 0 Å². The number of thioether (sulfide) groups is 1. The lowest BCUT2D eigenvalue weighted by atomic mass is 10.2. The average Bonchev–Trinajstić information content (AvgIpc) is 2.35. The Kier molecular flexibility index (Phi) is 5.27. The van der Waals surface area contributed by atoms with Crippen molar-refractivity contribution >= 4 is 23.4 Å². The molecule has 0 spiro atoms. The van der Waals surface area contributed by atoms with E-state index >= 15 is 0 Å². The molecule has 5 nitrogen and oxygen atoms in total. The fourth-order valence-corrected chi connectivity index (χ4v) is 2.07. The molecule has 6 heteroatoms. The third kappa shape index (κ3) is 3.92. The van der Waals surface area contributed by atoms with Crippen LogP contribution in [0.4, 0.5) is 5.69 Å². The fourth-order valence-electron chi connectivity index (χ4n) is 1.20. The summed E-state index contributed by atoms with van der Waals surface area (Å²) in [5, 5.41) is 20.4. The van der Waals surface area contributed by atoms with Crippen molar-refractivity contribution in [3.05, 3.63) is 23.8 Å². The van der Waals surface area contributed by atoms with E-state index in [-0.39, 0.29) is 12.5 Å². The van der Waals surface area contributed by atoms with E-state index in [1.165, 1.54) is 11.8 Å². The van der Waals surface area contributed by atoms with Crippen molar-refractivity contribution in [1.29, 1.82) is 0 Å².